The molecule has 1 aromatic carbocycles. The van der Waals surface area contributed by atoms with Gasteiger partial charge in [-0.15, -0.1) is 0 Å². The van der Waals surface area contributed by atoms with Gasteiger partial charge < -0.3 is 9.73 Å². The maximum absolute atomic E-state index is 9.15. The van der Waals surface area contributed by atoms with Crippen LogP contribution in [0.1, 0.15) is 22.6 Å². The van der Waals surface area contributed by atoms with Gasteiger partial charge >= 0.3 is 0 Å². The molecule has 98 valence electrons. The zero-order valence-corrected chi connectivity index (χ0v) is 11.9. The number of thioether (sulfide) groups is 1. The van der Waals surface area contributed by atoms with E-state index < -0.39 is 0 Å². The Hall–Kier alpha value is -1.86. The van der Waals surface area contributed by atoms with Gasteiger partial charge in [-0.1, -0.05) is 12.1 Å². The average Bonchev–Trinajstić information content (AvgIpc) is 2.84. The van der Waals surface area contributed by atoms with Crippen LogP contribution in [0.4, 0.5) is 5.69 Å². The third-order valence-electron chi connectivity index (χ3n) is 2.84. The molecule has 0 aliphatic heterocycles. The lowest BCUT2D eigenvalue weighted by Gasteiger charge is -2.08. The summed E-state index contributed by atoms with van der Waals surface area (Å²) in [7, 11) is 0. The lowest BCUT2D eigenvalue weighted by atomic mass is 10.1. The first-order valence-corrected chi connectivity index (χ1v) is 7.44. The van der Waals surface area contributed by atoms with E-state index in [1.165, 1.54) is 0 Å². The van der Waals surface area contributed by atoms with Gasteiger partial charge in [0, 0.05) is 0 Å². The quantitative estimate of drug-likeness (QED) is 0.895. The van der Waals surface area contributed by atoms with E-state index in [1.807, 2.05) is 43.5 Å². The van der Waals surface area contributed by atoms with Crippen molar-refractivity contribution in [3.05, 3.63) is 53.0 Å². The van der Waals surface area contributed by atoms with Crippen molar-refractivity contribution in [2.45, 2.75) is 19.2 Å². The molecule has 4 heteroatoms. The minimum Gasteiger partial charge on any atom is -0.463 e. The number of nitriles is 1. The van der Waals surface area contributed by atoms with Gasteiger partial charge in [0.15, 0.2) is 0 Å². The molecule has 1 N–H and O–H groups in total. The van der Waals surface area contributed by atoms with E-state index >= 15 is 0 Å². The Morgan fingerprint density at radius 2 is 2.05 bits per heavy atom. The van der Waals surface area contributed by atoms with E-state index in [2.05, 4.69) is 11.4 Å². The standard InChI is InChI=1S/C15H16N2OS/c1-11-4-3-5-15(14(11)8-16)17-9-12-6-7-13(18-12)10-19-2/h3-7,17H,9-10H2,1-2H3. The summed E-state index contributed by atoms with van der Waals surface area (Å²) >= 11 is 1.73. The molecule has 3 nitrogen and oxygen atoms in total. The summed E-state index contributed by atoms with van der Waals surface area (Å²) in [5.74, 6) is 2.75. The zero-order chi connectivity index (χ0) is 13.7. The number of nitrogens with zero attached hydrogens (tertiary/aromatic N) is 1. The van der Waals surface area contributed by atoms with Gasteiger partial charge in [-0.2, -0.15) is 17.0 Å². The monoisotopic (exact) mass is 272 g/mol. The minimum atomic E-state index is 0.590. The minimum absolute atomic E-state index is 0.590. The highest BCUT2D eigenvalue weighted by molar-refractivity contribution is 7.97. The van der Waals surface area contributed by atoms with Gasteiger partial charge in [0.25, 0.3) is 0 Å². The molecule has 0 spiro atoms. The summed E-state index contributed by atoms with van der Waals surface area (Å²) in [6, 6.07) is 12.0. The Morgan fingerprint density at radius 1 is 1.26 bits per heavy atom. The first-order valence-electron chi connectivity index (χ1n) is 6.04. The van der Waals surface area contributed by atoms with Crippen LogP contribution in [-0.4, -0.2) is 6.26 Å². The third-order valence-corrected chi connectivity index (χ3v) is 3.41. The van der Waals surface area contributed by atoms with E-state index in [9.17, 15) is 0 Å². The van der Waals surface area contributed by atoms with Gasteiger partial charge in [-0.25, -0.2) is 0 Å². The predicted octanol–water partition coefficient (Wildman–Crippen LogP) is 3.93. The summed E-state index contributed by atoms with van der Waals surface area (Å²) in [6.45, 7) is 2.53. The largest absolute Gasteiger partial charge is 0.463 e. The van der Waals surface area contributed by atoms with Gasteiger partial charge in [-0.3, -0.25) is 0 Å². The van der Waals surface area contributed by atoms with Crippen LogP contribution in [0, 0.1) is 18.3 Å². The summed E-state index contributed by atoms with van der Waals surface area (Å²) in [5, 5.41) is 12.4. The molecular formula is C15H16N2OS. The first kappa shape index (κ1) is 13.6. The molecule has 2 aromatic rings. The molecule has 0 aliphatic rings. The highest BCUT2D eigenvalue weighted by Gasteiger charge is 2.06. The molecule has 1 heterocycles. The van der Waals surface area contributed by atoms with Crippen LogP contribution in [0.2, 0.25) is 0 Å². The zero-order valence-electron chi connectivity index (χ0n) is 11.1. The molecule has 0 atom stereocenters. The lowest BCUT2D eigenvalue weighted by Crippen LogP contribution is -2.01. The smallest absolute Gasteiger partial charge is 0.123 e. The molecule has 0 bridgehead atoms. The Bertz CT molecular complexity index is 598. The van der Waals surface area contributed by atoms with E-state index in [4.69, 9.17) is 9.68 Å². The van der Waals surface area contributed by atoms with Crippen LogP contribution in [0.5, 0.6) is 0 Å². The summed E-state index contributed by atoms with van der Waals surface area (Å²) < 4.78 is 5.68. The maximum atomic E-state index is 9.15. The number of nitrogens with one attached hydrogen (secondary N) is 1. The Labute approximate surface area is 117 Å². The fourth-order valence-electron chi connectivity index (χ4n) is 1.88. The van der Waals surface area contributed by atoms with E-state index in [1.54, 1.807) is 11.8 Å². The fraction of sp³-hybridized carbons (Fsp3) is 0.267. The number of benzene rings is 1. The van der Waals surface area contributed by atoms with Gasteiger partial charge in [-0.05, 0) is 36.9 Å². The molecule has 0 fully saturated rings. The van der Waals surface area contributed by atoms with E-state index in [-0.39, 0.29) is 0 Å². The van der Waals surface area contributed by atoms with Crippen molar-refractivity contribution in [1.29, 1.82) is 5.26 Å². The van der Waals surface area contributed by atoms with Crippen LogP contribution in [-0.2, 0) is 12.3 Å². The molecule has 0 saturated heterocycles. The van der Waals surface area contributed by atoms with Gasteiger partial charge in [0.05, 0.1) is 23.5 Å². The predicted molar refractivity (Wildman–Crippen MR) is 79.1 cm³/mol. The van der Waals surface area contributed by atoms with Crippen molar-refractivity contribution in [2.24, 2.45) is 0 Å². The van der Waals surface area contributed by atoms with Crippen molar-refractivity contribution in [1.82, 2.24) is 0 Å². The second-order valence-corrected chi connectivity index (χ2v) is 5.13. The molecule has 2 rings (SSSR count). The van der Waals surface area contributed by atoms with Crippen LogP contribution in [0.3, 0.4) is 0 Å². The molecule has 0 radical (unpaired) electrons. The SMILES string of the molecule is CSCc1ccc(CNc2cccc(C)c2C#N)o1. The molecule has 0 unspecified atom stereocenters. The normalized spacial score (nSPS) is 10.2. The van der Waals surface area contributed by atoms with Crippen LogP contribution in [0.15, 0.2) is 34.7 Å². The average molecular weight is 272 g/mol. The third kappa shape index (κ3) is 3.33. The van der Waals surface area contributed by atoms with E-state index in [0.717, 1.165) is 28.5 Å². The van der Waals surface area contributed by atoms with Crippen LogP contribution < -0.4 is 5.32 Å². The molecule has 0 aliphatic carbocycles. The van der Waals surface area contributed by atoms with Crippen LogP contribution >= 0.6 is 11.8 Å². The topological polar surface area (TPSA) is 49.0 Å². The highest BCUT2D eigenvalue weighted by atomic mass is 32.2. The molecule has 0 amide bonds. The Balaban J connectivity index is 2.06. The number of aryl methyl sites for hydroxylation is 1. The highest BCUT2D eigenvalue weighted by Crippen LogP contribution is 2.20. The Kier molecular flexibility index (Phi) is 4.53. The second-order valence-electron chi connectivity index (χ2n) is 4.26. The lowest BCUT2D eigenvalue weighted by molar-refractivity contribution is 0.487. The number of rotatable bonds is 5. The molecular weight excluding hydrogens is 256 g/mol. The number of anilines is 1. The molecule has 1 aromatic heterocycles. The maximum Gasteiger partial charge on any atom is 0.123 e. The second kappa shape index (κ2) is 6.35. The van der Waals surface area contributed by atoms with Gasteiger partial charge in [0.1, 0.15) is 17.6 Å². The van der Waals surface area contributed by atoms with Crippen LogP contribution in [0.25, 0.3) is 0 Å². The number of furan rings is 1. The molecule has 19 heavy (non-hydrogen) atoms. The van der Waals surface area contributed by atoms with Crippen molar-refractivity contribution in [2.75, 3.05) is 11.6 Å². The summed E-state index contributed by atoms with van der Waals surface area (Å²) in [4.78, 5) is 0. The number of hydrogen-bond acceptors (Lipinski definition) is 4. The fourth-order valence-corrected chi connectivity index (χ4v) is 2.32. The Morgan fingerprint density at radius 3 is 2.79 bits per heavy atom. The molecule has 0 saturated carbocycles. The first-order chi connectivity index (χ1) is 9.24. The van der Waals surface area contributed by atoms with E-state index in [0.29, 0.717) is 12.1 Å². The summed E-state index contributed by atoms with van der Waals surface area (Å²) in [5.41, 5.74) is 2.53. The van der Waals surface area contributed by atoms with Gasteiger partial charge in [0.2, 0.25) is 0 Å². The van der Waals surface area contributed by atoms with Crippen molar-refractivity contribution in [3.63, 3.8) is 0 Å². The van der Waals surface area contributed by atoms with Crippen molar-refractivity contribution in [3.8, 4) is 6.07 Å². The number of hydrogen-bond donors (Lipinski definition) is 1. The van der Waals surface area contributed by atoms with Crippen molar-refractivity contribution < 1.29 is 4.42 Å². The van der Waals surface area contributed by atoms with Crippen molar-refractivity contribution >= 4 is 17.4 Å². The summed E-state index contributed by atoms with van der Waals surface area (Å²) in [6.07, 6.45) is 2.05.